The Morgan fingerprint density at radius 2 is 1.60 bits per heavy atom. The van der Waals surface area contributed by atoms with Gasteiger partial charge in [0.05, 0.1) is 17.3 Å². The normalized spacial score (nSPS) is 13.8. The molecule has 0 saturated carbocycles. The molecular weight excluding hydrogens is 331 g/mol. The molecule has 0 aromatic heterocycles. The summed E-state index contributed by atoms with van der Waals surface area (Å²) in [6.45, 7) is 0.498. The number of rotatable bonds is 6. The molecule has 2 aromatic carbocycles. The van der Waals surface area contributed by atoms with Gasteiger partial charge in [0.15, 0.2) is 0 Å². The number of anilines is 2. The number of carbonyl (C=O) groups excluding carboxylic acids is 1. The van der Waals surface area contributed by atoms with Crippen LogP contribution in [-0.2, 0) is 4.79 Å². The van der Waals surface area contributed by atoms with Crippen molar-refractivity contribution in [3.05, 3.63) is 60.2 Å². The molecule has 0 fully saturated rings. The minimum Gasteiger partial charge on any atom is -0.375 e. The van der Waals surface area contributed by atoms with Crippen LogP contribution in [0.25, 0.3) is 0 Å². The van der Waals surface area contributed by atoms with E-state index in [1.54, 1.807) is 19.1 Å². The zero-order valence-electron chi connectivity index (χ0n) is 13.7. The Labute approximate surface area is 144 Å². The van der Waals surface area contributed by atoms with E-state index >= 15 is 0 Å². The minimum absolute atomic E-state index is 0.202. The zero-order chi connectivity index (χ0) is 18.4. The molecule has 7 heteroatoms. The third-order valence-corrected chi connectivity index (χ3v) is 3.80. The molecule has 0 spiro atoms. The highest BCUT2D eigenvalue weighted by Gasteiger charge is 2.27. The van der Waals surface area contributed by atoms with Crippen LogP contribution in [-0.4, -0.2) is 18.6 Å². The number of hydrogen-bond acceptors (Lipinski definition) is 3. The number of alkyl halides is 3. The highest BCUT2D eigenvalue weighted by molar-refractivity contribution is 5.96. The monoisotopic (exact) mass is 351 g/mol. The van der Waals surface area contributed by atoms with Crippen LogP contribution >= 0.6 is 0 Å². The van der Waals surface area contributed by atoms with Crippen LogP contribution in [0.1, 0.15) is 18.5 Å². The molecule has 0 aliphatic rings. The molecule has 2 atom stereocenters. The summed E-state index contributed by atoms with van der Waals surface area (Å²) < 4.78 is 37.2. The van der Waals surface area contributed by atoms with Gasteiger partial charge in [-0.1, -0.05) is 49.4 Å². The van der Waals surface area contributed by atoms with E-state index in [1.165, 1.54) is 12.1 Å². The second-order valence-corrected chi connectivity index (χ2v) is 5.73. The lowest BCUT2D eigenvalue weighted by Gasteiger charge is -2.21. The van der Waals surface area contributed by atoms with Gasteiger partial charge in [-0.05, 0) is 17.7 Å². The molecule has 1 amide bonds. The first-order valence-electron chi connectivity index (χ1n) is 7.79. The van der Waals surface area contributed by atoms with Gasteiger partial charge in [0.1, 0.15) is 6.54 Å². The van der Waals surface area contributed by atoms with E-state index in [-0.39, 0.29) is 17.3 Å². The summed E-state index contributed by atoms with van der Waals surface area (Å²) in [7, 11) is 0. The SMILES string of the molecule is CC(C(=O)Nc1ccccc1NCC(F)(F)F)C(N)c1ccccc1. The number of benzene rings is 2. The molecule has 4 N–H and O–H groups in total. The molecule has 25 heavy (non-hydrogen) atoms. The molecule has 0 aliphatic heterocycles. The minimum atomic E-state index is -4.35. The van der Waals surface area contributed by atoms with Gasteiger partial charge in [-0.15, -0.1) is 0 Å². The lowest BCUT2D eigenvalue weighted by atomic mass is 9.94. The van der Waals surface area contributed by atoms with E-state index < -0.39 is 24.7 Å². The maximum absolute atomic E-state index is 12.4. The van der Waals surface area contributed by atoms with Gasteiger partial charge in [-0.2, -0.15) is 13.2 Å². The summed E-state index contributed by atoms with van der Waals surface area (Å²) in [6.07, 6.45) is -4.35. The van der Waals surface area contributed by atoms with E-state index in [0.29, 0.717) is 0 Å². The largest absolute Gasteiger partial charge is 0.405 e. The van der Waals surface area contributed by atoms with Gasteiger partial charge in [0, 0.05) is 6.04 Å². The van der Waals surface area contributed by atoms with Crippen molar-refractivity contribution in [2.75, 3.05) is 17.2 Å². The molecule has 0 aliphatic carbocycles. The summed E-state index contributed by atoms with van der Waals surface area (Å²) in [5, 5.41) is 4.94. The Morgan fingerprint density at radius 3 is 2.20 bits per heavy atom. The Hall–Kier alpha value is -2.54. The van der Waals surface area contributed by atoms with Crippen molar-refractivity contribution in [2.45, 2.75) is 19.1 Å². The van der Waals surface area contributed by atoms with E-state index in [4.69, 9.17) is 5.73 Å². The number of hydrogen-bond donors (Lipinski definition) is 3. The molecule has 134 valence electrons. The zero-order valence-corrected chi connectivity index (χ0v) is 13.7. The Bertz CT molecular complexity index is 704. The molecule has 2 aromatic rings. The molecular formula is C18H20F3N3O. The maximum Gasteiger partial charge on any atom is 0.405 e. The van der Waals surface area contributed by atoms with Crippen LogP contribution in [0.4, 0.5) is 24.5 Å². The fraction of sp³-hybridized carbons (Fsp3) is 0.278. The standard InChI is InChI=1S/C18H20F3N3O/c1-12(16(22)13-7-3-2-4-8-13)17(25)24-15-10-6-5-9-14(15)23-11-18(19,20)21/h2-10,12,16,23H,11,22H2,1H3,(H,24,25). The first kappa shape index (κ1) is 18.8. The number of para-hydroxylation sites is 2. The molecule has 2 unspecified atom stereocenters. The molecule has 0 bridgehead atoms. The highest BCUT2D eigenvalue weighted by Crippen LogP contribution is 2.26. The van der Waals surface area contributed by atoms with Crippen LogP contribution in [0, 0.1) is 5.92 Å². The maximum atomic E-state index is 12.4. The van der Waals surface area contributed by atoms with Gasteiger partial charge >= 0.3 is 6.18 Å². The number of nitrogens with two attached hydrogens (primary N) is 1. The van der Waals surface area contributed by atoms with Crippen molar-refractivity contribution in [2.24, 2.45) is 11.7 Å². The van der Waals surface area contributed by atoms with Crippen LogP contribution in [0.15, 0.2) is 54.6 Å². The van der Waals surface area contributed by atoms with Gasteiger partial charge in [0.2, 0.25) is 5.91 Å². The van der Waals surface area contributed by atoms with Crippen molar-refractivity contribution < 1.29 is 18.0 Å². The van der Waals surface area contributed by atoms with E-state index in [9.17, 15) is 18.0 Å². The van der Waals surface area contributed by atoms with Crippen molar-refractivity contribution in [1.82, 2.24) is 0 Å². The Balaban J connectivity index is 2.07. The van der Waals surface area contributed by atoms with Gasteiger partial charge in [-0.3, -0.25) is 4.79 Å². The molecule has 0 radical (unpaired) electrons. The molecule has 4 nitrogen and oxygen atoms in total. The second-order valence-electron chi connectivity index (χ2n) is 5.73. The number of nitrogens with one attached hydrogen (secondary N) is 2. The van der Waals surface area contributed by atoms with Crippen LogP contribution in [0.3, 0.4) is 0 Å². The molecule has 0 heterocycles. The van der Waals surface area contributed by atoms with E-state index in [1.807, 2.05) is 30.3 Å². The first-order chi connectivity index (χ1) is 11.8. The summed E-state index contributed by atoms with van der Waals surface area (Å²) in [6, 6.07) is 14.9. The summed E-state index contributed by atoms with van der Waals surface area (Å²) in [5.41, 5.74) is 7.42. The van der Waals surface area contributed by atoms with Crippen LogP contribution in [0.2, 0.25) is 0 Å². The molecule has 0 saturated heterocycles. The smallest absolute Gasteiger partial charge is 0.375 e. The highest BCUT2D eigenvalue weighted by atomic mass is 19.4. The summed E-state index contributed by atoms with van der Waals surface area (Å²) in [5.74, 6) is -0.921. The number of halogens is 3. The lowest BCUT2D eigenvalue weighted by Crippen LogP contribution is -2.31. The average Bonchev–Trinajstić information content (AvgIpc) is 2.59. The number of carbonyl (C=O) groups is 1. The van der Waals surface area contributed by atoms with E-state index in [2.05, 4.69) is 10.6 Å². The second kappa shape index (κ2) is 8.02. The third-order valence-electron chi connectivity index (χ3n) is 3.80. The number of amides is 1. The van der Waals surface area contributed by atoms with Crippen molar-refractivity contribution in [3.8, 4) is 0 Å². The Kier molecular flexibility index (Phi) is 6.03. The topological polar surface area (TPSA) is 67.2 Å². The third kappa shape index (κ3) is 5.49. The predicted molar refractivity (Wildman–Crippen MR) is 92.2 cm³/mol. The summed E-state index contributed by atoms with van der Waals surface area (Å²) in [4.78, 5) is 12.4. The van der Waals surface area contributed by atoms with Crippen molar-refractivity contribution in [3.63, 3.8) is 0 Å². The van der Waals surface area contributed by atoms with Crippen molar-refractivity contribution >= 4 is 17.3 Å². The van der Waals surface area contributed by atoms with Crippen LogP contribution in [0.5, 0.6) is 0 Å². The predicted octanol–water partition coefficient (Wildman–Crippen LogP) is 3.94. The van der Waals surface area contributed by atoms with Gasteiger partial charge in [0.25, 0.3) is 0 Å². The Morgan fingerprint density at radius 1 is 1.04 bits per heavy atom. The van der Waals surface area contributed by atoms with Gasteiger partial charge in [-0.25, -0.2) is 0 Å². The van der Waals surface area contributed by atoms with Crippen LogP contribution < -0.4 is 16.4 Å². The lowest BCUT2D eigenvalue weighted by molar-refractivity contribution is -0.120. The van der Waals surface area contributed by atoms with Crippen molar-refractivity contribution in [1.29, 1.82) is 0 Å². The first-order valence-corrected chi connectivity index (χ1v) is 7.79. The average molecular weight is 351 g/mol. The quantitative estimate of drug-likeness (QED) is 0.739. The molecule has 2 rings (SSSR count). The van der Waals surface area contributed by atoms with E-state index in [0.717, 1.165) is 5.56 Å². The fourth-order valence-electron chi connectivity index (χ4n) is 2.32. The summed E-state index contributed by atoms with van der Waals surface area (Å²) >= 11 is 0. The fourth-order valence-corrected chi connectivity index (χ4v) is 2.32. The van der Waals surface area contributed by atoms with Gasteiger partial charge < -0.3 is 16.4 Å².